The summed E-state index contributed by atoms with van der Waals surface area (Å²) in [5.41, 5.74) is 8.37. The van der Waals surface area contributed by atoms with Crippen LogP contribution >= 0.6 is 0 Å². The Kier molecular flexibility index (Phi) is 11.2. The van der Waals surface area contributed by atoms with E-state index in [4.69, 9.17) is 32.9 Å². The van der Waals surface area contributed by atoms with Gasteiger partial charge in [0.15, 0.2) is 17.7 Å². The number of nitrogens with two attached hydrogens (primary N) is 1. The summed E-state index contributed by atoms with van der Waals surface area (Å²) in [5, 5.41) is 2.87. The topological polar surface area (TPSA) is 154 Å². The number of anilines is 1. The summed E-state index contributed by atoms with van der Waals surface area (Å²) in [5.74, 6) is 0.115. The fourth-order valence-electron chi connectivity index (χ4n) is 6.69. The van der Waals surface area contributed by atoms with Crippen LogP contribution in [0.15, 0.2) is 43.0 Å². The highest BCUT2D eigenvalue weighted by Crippen LogP contribution is 2.49. The van der Waals surface area contributed by atoms with Crippen molar-refractivity contribution in [1.29, 1.82) is 0 Å². The van der Waals surface area contributed by atoms with Crippen molar-refractivity contribution in [2.45, 2.75) is 102 Å². The molecular weight excluding hydrogens is 637 g/mol. The normalized spacial score (nSPS) is 24.2. The number of nitrogen functional groups attached to an aromatic ring is 1. The van der Waals surface area contributed by atoms with Crippen LogP contribution in [-0.4, -0.2) is 87.4 Å². The molecule has 1 amide bonds. The first kappa shape index (κ1) is 35.5. The highest BCUT2D eigenvalue weighted by Gasteiger charge is 2.62. The average molecular weight is 687 g/mol. The minimum Gasteiger partial charge on any atom is -0.414 e. The summed E-state index contributed by atoms with van der Waals surface area (Å²) < 4.78 is 42.6. The predicted molar refractivity (Wildman–Crippen MR) is 182 cm³/mol. The molecule has 15 heteroatoms. The number of benzene rings is 1. The van der Waals surface area contributed by atoms with E-state index >= 15 is 0 Å². The van der Waals surface area contributed by atoms with Crippen molar-refractivity contribution in [3.8, 4) is 0 Å². The molecule has 4 heterocycles. The number of carbonyl (C=O) groups is 1. The fourth-order valence-corrected chi connectivity index (χ4v) is 17.9. The van der Waals surface area contributed by atoms with Gasteiger partial charge < -0.3 is 38.2 Å². The van der Waals surface area contributed by atoms with Crippen molar-refractivity contribution in [2.24, 2.45) is 0 Å². The van der Waals surface area contributed by atoms with Gasteiger partial charge in [-0.3, -0.25) is 9.36 Å². The molecule has 3 aromatic rings. The van der Waals surface area contributed by atoms with Crippen molar-refractivity contribution in [3.63, 3.8) is 0 Å². The van der Waals surface area contributed by atoms with E-state index in [0.717, 1.165) is 0 Å². The maximum atomic E-state index is 12.4. The maximum absolute atomic E-state index is 12.4. The molecule has 1 aromatic carbocycles. The van der Waals surface area contributed by atoms with Crippen LogP contribution in [0.2, 0.25) is 22.2 Å². The quantitative estimate of drug-likeness (QED) is 0.149. The summed E-state index contributed by atoms with van der Waals surface area (Å²) in [7, 11) is -5.75. The molecule has 47 heavy (non-hydrogen) atoms. The van der Waals surface area contributed by atoms with Gasteiger partial charge >= 0.3 is 17.1 Å². The lowest BCUT2D eigenvalue weighted by Crippen LogP contribution is -2.66. The number of amides is 1. The van der Waals surface area contributed by atoms with E-state index in [-0.39, 0.29) is 47.3 Å². The van der Waals surface area contributed by atoms with Crippen LogP contribution in [0, 0.1) is 0 Å². The third-order valence-corrected chi connectivity index (χ3v) is 19.4. The second-order valence-corrected chi connectivity index (χ2v) is 22.3. The van der Waals surface area contributed by atoms with Crippen LogP contribution in [0.5, 0.6) is 0 Å². The molecule has 3 N–H and O–H groups in total. The highest BCUT2D eigenvalue weighted by atomic mass is 28.5. The molecule has 0 aliphatic carbocycles. The van der Waals surface area contributed by atoms with Crippen LogP contribution in [0.25, 0.3) is 11.2 Å². The van der Waals surface area contributed by atoms with E-state index in [9.17, 15) is 4.79 Å². The van der Waals surface area contributed by atoms with Gasteiger partial charge in [0.2, 0.25) is 0 Å². The van der Waals surface area contributed by atoms with Crippen molar-refractivity contribution in [3.05, 3.63) is 48.5 Å². The number of ether oxygens (including phenoxy) is 3. The first-order valence-corrected chi connectivity index (χ1v) is 20.5. The Morgan fingerprint density at radius 1 is 1.00 bits per heavy atom. The molecule has 4 atom stereocenters. The Morgan fingerprint density at radius 3 is 2.34 bits per heavy atom. The van der Waals surface area contributed by atoms with E-state index in [2.05, 4.69) is 75.7 Å². The summed E-state index contributed by atoms with van der Waals surface area (Å²) in [6.45, 7) is 18.3. The summed E-state index contributed by atoms with van der Waals surface area (Å²) in [6, 6.07) is 9.06. The molecule has 0 radical (unpaired) electrons. The van der Waals surface area contributed by atoms with Gasteiger partial charge in [0.25, 0.3) is 5.91 Å². The number of nitrogens with zero attached hydrogens (tertiary/aromatic N) is 4. The molecule has 0 bridgehead atoms. The number of fused-ring (bicyclic) bond motifs is 2. The molecule has 0 unspecified atom stereocenters. The minimum atomic E-state index is -2.97. The van der Waals surface area contributed by atoms with Crippen LogP contribution in [0.3, 0.4) is 0 Å². The smallest absolute Gasteiger partial charge is 0.335 e. The molecule has 2 aliphatic heterocycles. The molecule has 258 valence electrons. The zero-order chi connectivity index (χ0) is 33.9. The van der Waals surface area contributed by atoms with Crippen molar-refractivity contribution < 1.29 is 32.0 Å². The van der Waals surface area contributed by atoms with Crippen LogP contribution in [0.4, 0.5) is 5.82 Å². The van der Waals surface area contributed by atoms with Gasteiger partial charge in [-0.25, -0.2) is 15.0 Å². The summed E-state index contributed by atoms with van der Waals surface area (Å²) in [6.07, 6.45) is 0.767. The Hall–Kier alpha value is -2.77. The molecule has 2 aromatic heterocycles. The molecule has 0 saturated carbocycles. The van der Waals surface area contributed by atoms with Gasteiger partial charge in [-0.15, -0.1) is 0 Å². The molecule has 2 aliphatic rings. The average Bonchev–Trinajstić information content (AvgIpc) is 3.60. The lowest BCUT2D eigenvalue weighted by Gasteiger charge is -2.51. The maximum Gasteiger partial charge on any atom is 0.335 e. The Bertz CT molecular complexity index is 1480. The second-order valence-electron chi connectivity index (χ2n) is 13.5. The zero-order valence-electron chi connectivity index (χ0n) is 28.7. The fraction of sp³-hybridized carbons (Fsp3) is 0.625. The molecular formula is C32H50N6O7Si2. The third kappa shape index (κ3) is 7.03. The number of rotatable bonds is 12. The van der Waals surface area contributed by atoms with Crippen LogP contribution in [0.1, 0.15) is 72.0 Å². The van der Waals surface area contributed by atoms with Crippen molar-refractivity contribution in [2.75, 3.05) is 32.3 Å². The standard InChI is InChI=1S/C32H50N6O7Si2/c1-20(2)46(21(3)4)42-16-25-27(44-47(45-46,22(5)6)23(7)8)28(32(43-25)38-18-37-26-29(33)35-17-36-30(26)38)41-19-40-15-14-34-31(39)24-12-10-9-11-13-24/h9-13,17-18,20-23,25,27-28,32H,14-16,19H2,1-8H3,(H,34,39)(H2,33,35,36)/t25-,27-,28-,32-/m1/s1. The van der Waals surface area contributed by atoms with Gasteiger partial charge in [0.05, 0.1) is 19.5 Å². The summed E-state index contributed by atoms with van der Waals surface area (Å²) >= 11 is 0. The third-order valence-electron chi connectivity index (χ3n) is 9.19. The van der Waals surface area contributed by atoms with Gasteiger partial charge in [0.1, 0.15) is 36.9 Å². The Balaban J connectivity index is 1.42. The first-order chi connectivity index (χ1) is 22.4. The lowest BCUT2D eigenvalue weighted by atomic mass is 10.1. The molecule has 5 rings (SSSR count). The predicted octanol–water partition coefficient (Wildman–Crippen LogP) is 5.05. The number of carbonyl (C=O) groups excluding carboxylic acids is 1. The second kappa shape index (κ2) is 14.8. The largest absolute Gasteiger partial charge is 0.414 e. The van der Waals surface area contributed by atoms with Crippen molar-refractivity contribution >= 4 is 40.0 Å². The van der Waals surface area contributed by atoms with E-state index in [0.29, 0.717) is 29.9 Å². The lowest BCUT2D eigenvalue weighted by molar-refractivity contribution is -0.137. The Labute approximate surface area is 279 Å². The monoisotopic (exact) mass is 686 g/mol. The number of aromatic nitrogens is 4. The van der Waals surface area contributed by atoms with Gasteiger partial charge in [0, 0.05) is 12.1 Å². The first-order valence-electron chi connectivity index (χ1n) is 16.5. The van der Waals surface area contributed by atoms with Gasteiger partial charge in [-0.2, -0.15) is 0 Å². The van der Waals surface area contributed by atoms with E-state index in [1.165, 1.54) is 6.33 Å². The zero-order valence-corrected chi connectivity index (χ0v) is 30.7. The molecule has 0 spiro atoms. The van der Waals surface area contributed by atoms with Gasteiger partial charge in [-0.05, 0) is 34.3 Å². The van der Waals surface area contributed by atoms with E-state index in [1.807, 2.05) is 22.8 Å². The van der Waals surface area contributed by atoms with Gasteiger partial charge in [-0.1, -0.05) is 73.6 Å². The SMILES string of the molecule is CC(C)[Si]1(C(C)C)OC[C@H]2O[C@@H](n3cnc4c(N)ncnc43)[C@H](OCOCCNC(=O)c3ccccc3)[C@@H]2O[Si](C(C)C)(C(C)C)O1. The molecule has 2 saturated heterocycles. The molecule has 13 nitrogen and oxygen atoms in total. The minimum absolute atomic E-state index is 0.0572. The van der Waals surface area contributed by atoms with Crippen LogP contribution in [-0.2, 0) is 27.2 Å². The number of imidazole rings is 1. The van der Waals surface area contributed by atoms with Crippen molar-refractivity contribution in [1.82, 2.24) is 24.8 Å². The number of hydrogen-bond donors (Lipinski definition) is 2. The van der Waals surface area contributed by atoms with E-state index in [1.54, 1.807) is 18.5 Å². The number of nitrogens with one attached hydrogen (secondary N) is 1. The molecule has 2 fully saturated rings. The highest BCUT2D eigenvalue weighted by molar-refractivity contribution is 6.84. The van der Waals surface area contributed by atoms with E-state index < -0.39 is 41.7 Å². The van der Waals surface area contributed by atoms with Crippen LogP contribution < -0.4 is 11.1 Å². The number of hydrogen-bond acceptors (Lipinski definition) is 11. The summed E-state index contributed by atoms with van der Waals surface area (Å²) in [4.78, 5) is 25.5. The Morgan fingerprint density at radius 2 is 1.68 bits per heavy atom.